The zero-order valence-corrected chi connectivity index (χ0v) is 12.3. The first-order valence-corrected chi connectivity index (χ1v) is 7.38. The van der Waals surface area contributed by atoms with Crippen molar-refractivity contribution in [1.82, 2.24) is 9.97 Å². The van der Waals surface area contributed by atoms with E-state index in [9.17, 15) is 5.11 Å². The summed E-state index contributed by atoms with van der Waals surface area (Å²) >= 11 is 0. The van der Waals surface area contributed by atoms with Crippen molar-refractivity contribution in [2.75, 3.05) is 5.32 Å². The van der Waals surface area contributed by atoms with Crippen molar-refractivity contribution in [3.05, 3.63) is 72.9 Å². The molecule has 0 bridgehead atoms. The molecule has 0 aliphatic carbocycles. The Hall–Kier alpha value is -3.27. The van der Waals surface area contributed by atoms with E-state index in [0.717, 1.165) is 33.7 Å². The molecule has 2 aromatic carbocycles. The minimum atomic E-state index is 0.224. The number of fused-ring (bicyclic) bond motifs is 1. The van der Waals surface area contributed by atoms with E-state index in [1.54, 1.807) is 18.2 Å². The number of benzene rings is 2. The number of hydrogen-bond acceptors (Lipinski definition) is 3. The number of aromatic hydroxyl groups is 1. The van der Waals surface area contributed by atoms with Gasteiger partial charge >= 0.3 is 0 Å². The van der Waals surface area contributed by atoms with Gasteiger partial charge in [-0.2, -0.15) is 0 Å². The van der Waals surface area contributed by atoms with Crippen LogP contribution in [0.3, 0.4) is 0 Å². The molecule has 0 spiro atoms. The number of pyridine rings is 1. The summed E-state index contributed by atoms with van der Waals surface area (Å²) in [5.74, 6) is 0.951. The van der Waals surface area contributed by atoms with Gasteiger partial charge in [-0.3, -0.25) is 0 Å². The summed E-state index contributed by atoms with van der Waals surface area (Å²) in [5, 5.41) is 13.8. The molecule has 112 valence electrons. The third-order valence-electron chi connectivity index (χ3n) is 3.71. The number of phenols is 1. The number of nitrogens with one attached hydrogen (secondary N) is 2. The largest absolute Gasteiger partial charge is 0.508 e. The minimum absolute atomic E-state index is 0.224. The monoisotopic (exact) mass is 301 g/mol. The molecule has 0 atom stereocenters. The maximum Gasteiger partial charge on any atom is 0.132 e. The van der Waals surface area contributed by atoms with Crippen molar-refractivity contribution in [3.8, 4) is 17.0 Å². The molecule has 2 heterocycles. The molecular weight excluding hydrogens is 286 g/mol. The van der Waals surface area contributed by atoms with E-state index in [1.807, 2.05) is 36.5 Å². The van der Waals surface area contributed by atoms with E-state index in [2.05, 4.69) is 33.5 Å². The molecule has 4 nitrogen and oxygen atoms in total. The molecule has 0 amide bonds. The smallest absolute Gasteiger partial charge is 0.132 e. The van der Waals surface area contributed by atoms with Gasteiger partial charge in [0.15, 0.2) is 0 Å². The highest BCUT2D eigenvalue weighted by Crippen LogP contribution is 2.26. The molecule has 2 aromatic heterocycles. The minimum Gasteiger partial charge on any atom is -0.508 e. The second-order valence-corrected chi connectivity index (χ2v) is 5.38. The highest BCUT2D eigenvalue weighted by Gasteiger charge is 2.05. The number of phenolic OH excluding ortho intramolecular Hbond substituents is 1. The van der Waals surface area contributed by atoms with Gasteiger partial charge < -0.3 is 15.4 Å². The summed E-state index contributed by atoms with van der Waals surface area (Å²) in [6.45, 7) is 0. The van der Waals surface area contributed by atoms with E-state index in [-0.39, 0.29) is 5.75 Å². The van der Waals surface area contributed by atoms with Crippen LogP contribution < -0.4 is 5.32 Å². The van der Waals surface area contributed by atoms with Crippen molar-refractivity contribution in [3.63, 3.8) is 0 Å². The Morgan fingerprint density at radius 1 is 0.913 bits per heavy atom. The Morgan fingerprint density at radius 2 is 1.78 bits per heavy atom. The topological polar surface area (TPSA) is 60.9 Å². The fourth-order valence-electron chi connectivity index (χ4n) is 2.60. The van der Waals surface area contributed by atoms with Gasteiger partial charge in [0.2, 0.25) is 0 Å². The van der Waals surface area contributed by atoms with Crippen LogP contribution in [0.5, 0.6) is 5.75 Å². The first kappa shape index (κ1) is 13.4. The van der Waals surface area contributed by atoms with Gasteiger partial charge in [-0.05, 0) is 23.8 Å². The Kier molecular flexibility index (Phi) is 3.20. The van der Waals surface area contributed by atoms with Crippen LogP contribution in [0.2, 0.25) is 0 Å². The van der Waals surface area contributed by atoms with Crippen molar-refractivity contribution >= 4 is 22.4 Å². The normalized spacial score (nSPS) is 10.8. The molecule has 0 fully saturated rings. The van der Waals surface area contributed by atoms with Crippen LogP contribution in [-0.4, -0.2) is 15.1 Å². The predicted molar refractivity (Wildman–Crippen MR) is 92.9 cm³/mol. The zero-order valence-electron chi connectivity index (χ0n) is 12.3. The highest BCUT2D eigenvalue weighted by molar-refractivity contribution is 5.87. The summed E-state index contributed by atoms with van der Waals surface area (Å²) in [6, 6.07) is 21.2. The molecule has 3 N–H and O–H groups in total. The summed E-state index contributed by atoms with van der Waals surface area (Å²) < 4.78 is 0. The molecule has 0 saturated carbocycles. The molecule has 4 aromatic rings. The standard InChI is InChI=1S/C19H15N3O/c23-16-8-4-7-15(10-16)21-19-11-18-14(12-20-19)9-17(22-18)13-5-2-1-3-6-13/h1-12,22-23H,(H,20,21). The van der Waals surface area contributed by atoms with E-state index < -0.39 is 0 Å². The lowest BCUT2D eigenvalue weighted by Gasteiger charge is -2.05. The average Bonchev–Trinajstić information content (AvgIpc) is 2.99. The van der Waals surface area contributed by atoms with Gasteiger partial charge in [0, 0.05) is 35.1 Å². The Morgan fingerprint density at radius 3 is 2.61 bits per heavy atom. The van der Waals surface area contributed by atoms with Crippen molar-refractivity contribution in [1.29, 1.82) is 0 Å². The second kappa shape index (κ2) is 5.50. The van der Waals surface area contributed by atoms with Crippen molar-refractivity contribution < 1.29 is 5.11 Å². The van der Waals surface area contributed by atoms with Crippen LogP contribution in [0.15, 0.2) is 72.9 Å². The molecule has 0 aliphatic rings. The van der Waals surface area contributed by atoms with E-state index in [0.29, 0.717) is 0 Å². The molecule has 0 unspecified atom stereocenters. The number of hydrogen-bond donors (Lipinski definition) is 3. The fraction of sp³-hybridized carbons (Fsp3) is 0. The fourth-order valence-corrected chi connectivity index (χ4v) is 2.60. The summed E-state index contributed by atoms with van der Waals surface area (Å²) in [7, 11) is 0. The van der Waals surface area contributed by atoms with Crippen LogP contribution in [0.1, 0.15) is 0 Å². The third-order valence-corrected chi connectivity index (χ3v) is 3.71. The van der Waals surface area contributed by atoms with Crippen LogP contribution in [-0.2, 0) is 0 Å². The Bertz CT molecular complexity index is 961. The van der Waals surface area contributed by atoms with E-state index >= 15 is 0 Å². The molecule has 0 saturated heterocycles. The molecule has 0 radical (unpaired) electrons. The first-order valence-electron chi connectivity index (χ1n) is 7.38. The predicted octanol–water partition coefficient (Wildman–Crippen LogP) is 4.68. The summed E-state index contributed by atoms with van der Waals surface area (Å²) in [6.07, 6.45) is 1.84. The average molecular weight is 301 g/mol. The number of aromatic nitrogens is 2. The SMILES string of the molecule is Oc1cccc(Nc2cc3[nH]c(-c4ccccc4)cc3cn2)c1. The van der Waals surface area contributed by atoms with Gasteiger partial charge in [0.1, 0.15) is 11.6 Å². The van der Waals surface area contributed by atoms with Crippen LogP contribution >= 0.6 is 0 Å². The van der Waals surface area contributed by atoms with Gasteiger partial charge in [-0.25, -0.2) is 4.98 Å². The lowest BCUT2D eigenvalue weighted by Crippen LogP contribution is -1.92. The second-order valence-electron chi connectivity index (χ2n) is 5.38. The van der Waals surface area contributed by atoms with Crippen LogP contribution in [0.4, 0.5) is 11.5 Å². The quantitative estimate of drug-likeness (QED) is 0.515. The lowest BCUT2D eigenvalue weighted by molar-refractivity contribution is 0.475. The van der Waals surface area contributed by atoms with Gasteiger partial charge in [0.05, 0.1) is 5.52 Å². The molecule has 23 heavy (non-hydrogen) atoms. The van der Waals surface area contributed by atoms with Crippen molar-refractivity contribution in [2.45, 2.75) is 0 Å². The third kappa shape index (κ3) is 2.74. The van der Waals surface area contributed by atoms with Crippen LogP contribution in [0.25, 0.3) is 22.2 Å². The maximum absolute atomic E-state index is 9.53. The van der Waals surface area contributed by atoms with Gasteiger partial charge in [-0.1, -0.05) is 36.4 Å². The zero-order chi connectivity index (χ0) is 15.6. The molecule has 0 aliphatic heterocycles. The lowest BCUT2D eigenvalue weighted by atomic mass is 10.1. The van der Waals surface area contributed by atoms with Gasteiger partial charge in [-0.15, -0.1) is 0 Å². The number of nitrogens with zero attached hydrogens (tertiary/aromatic N) is 1. The number of rotatable bonds is 3. The highest BCUT2D eigenvalue weighted by atomic mass is 16.3. The van der Waals surface area contributed by atoms with E-state index in [1.165, 1.54) is 0 Å². The summed E-state index contributed by atoms with van der Waals surface area (Å²) in [5.41, 5.74) is 4.02. The van der Waals surface area contributed by atoms with Crippen LogP contribution in [0, 0.1) is 0 Å². The number of H-pyrrole nitrogens is 1. The summed E-state index contributed by atoms with van der Waals surface area (Å²) in [4.78, 5) is 7.85. The molecule has 4 rings (SSSR count). The first-order chi connectivity index (χ1) is 11.3. The van der Waals surface area contributed by atoms with E-state index in [4.69, 9.17) is 0 Å². The Balaban J connectivity index is 1.68. The number of anilines is 2. The molecule has 4 heteroatoms. The van der Waals surface area contributed by atoms with Gasteiger partial charge in [0.25, 0.3) is 0 Å². The molecular formula is C19H15N3O. The Labute approximate surface area is 133 Å². The number of aromatic amines is 1. The maximum atomic E-state index is 9.53. The van der Waals surface area contributed by atoms with Crippen molar-refractivity contribution in [2.24, 2.45) is 0 Å².